The van der Waals surface area contributed by atoms with E-state index in [1.54, 1.807) is 4.52 Å². The Morgan fingerprint density at radius 2 is 1.84 bits per heavy atom. The molecule has 0 bridgehead atoms. The summed E-state index contributed by atoms with van der Waals surface area (Å²) >= 11 is 3.49. The van der Waals surface area contributed by atoms with Crippen molar-refractivity contribution >= 4 is 27.4 Å². The van der Waals surface area contributed by atoms with Gasteiger partial charge in [0.1, 0.15) is 5.82 Å². The van der Waals surface area contributed by atoms with Crippen molar-refractivity contribution in [2.75, 3.05) is 18.4 Å². The number of nitrogens with one attached hydrogen (secondary N) is 1. The highest BCUT2D eigenvalue weighted by Gasteiger charge is 2.19. The van der Waals surface area contributed by atoms with Crippen LogP contribution >= 0.6 is 15.9 Å². The average Bonchev–Trinajstić information content (AvgIpc) is 2.99. The first-order chi connectivity index (χ1) is 12.2. The van der Waals surface area contributed by atoms with E-state index >= 15 is 0 Å². The lowest BCUT2D eigenvalue weighted by molar-refractivity contribution is 0.211. The van der Waals surface area contributed by atoms with Crippen LogP contribution in [0.2, 0.25) is 0 Å². The zero-order valence-corrected chi connectivity index (χ0v) is 15.8. The molecule has 4 rings (SSSR count). The van der Waals surface area contributed by atoms with Gasteiger partial charge in [-0.2, -0.15) is 4.52 Å². The molecule has 1 N–H and O–H groups in total. The minimum Gasteiger partial charge on any atom is -0.366 e. The molecule has 130 valence electrons. The molecule has 1 aliphatic rings. The molecule has 0 atom stereocenters. The Hall–Kier alpha value is -1.99. The first-order valence-electron chi connectivity index (χ1n) is 8.60. The monoisotopic (exact) mass is 400 g/mol. The Bertz CT molecular complexity index is 852. The number of hydrogen-bond donors (Lipinski definition) is 1. The molecule has 1 aliphatic heterocycles. The number of aromatic nitrogens is 4. The van der Waals surface area contributed by atoms with Crippen molar-refractivity contribution in [3.05, 3.63) is 52.3 Å². The Kier molecular flexibility index (Phi) is 4.67. The second-order valence-electron chi connectivity index (χ2n) is 6.56. The van der Waals surface area contributed by atoms with Gasteiger partial charge in [0.2, 0.25) is 0 Å². The van der Waals surface area contributed by atoms with Gasteiger partial charge in [-0.3, -0.25) is 4.90 Å². The van der Waals surface area contributed by atoms with Crippen molar-refractivity contribution in [1.82, 2.24) is 24.7 Å². The zero-order chi connectivity index (χ0) is 17.2. The van der Waals surface area contributed by atoms with Crippen molar-refractivity contribution in [3.63, 3.8) is 0 Å². The predicted molar refractivity (Wildman–Crippen MR) is 102 cm³/mol. The van der Waals surface area contributed by atoms with Crippen LogP contribution < -0.4 is 5.32 Å². The molecular formula is C18H21BrN6. The molecule has 25 heavy (non-hydrogen) atoms. The number of rotatable bonds is 4. The standard InChI is InChI=1S/C18H21BrN6/c1-13-21-22-18-7-6-17(23-25(13)18)20-16-8-10-24(11-9-16)12-14-2-4-15(19)5-3-14/h2-7,16H,8-12H2,1H3,(H,20,23). The van der Waals surface area contributed by atoms with Gasteiger partial charge in [0.15, 0.2) is 11.5 Å². The summed E-state index contributed by atoms with van der Waals surface area (Å²) in [6.07, 6.45) is 2.24. The summed E-state index contributed by atoms with van der Waals surface area (Å²) in [7, 11) is 0. The highest BCUT2D eigenvalue weighted by molar-refractivity contribution is 9.10. The van der Waals surface area contributed by atoms with Gasteiger partial charge in [0.25, 0.3) is 0 Å². The summed E-state index contributed by atoms with van der Waals surface area (Å²) in [5.74, 6) is 1.70. The second kappa shape index (κ2) is 7.09. The minimum absolute atomic E-state index is 0.461. The molecule has 2 aromatic heterocycles. The van der Waals surface area contributed by atoms with Gasteiger partial charge in [-0.25, -0.2) is 0 Å². The summed E-state index contributed by atoms with van der Waals surface area (Å²) in [6.45, 7) is 5.13. The lowest BCUT2D eigenvalue weighted by Gasteiger charge is -2.32. The van der Waals surface area contributed by atoms with Gasteiger partial charge in [-0.15, -0.1) is 15.3 Å². The lowest BCUT2D eigenvalue weighted by atomic mass is 10.0. The van der Waals surface area contributed by atoms with Crippen molar-refractivity contribution < 1.29 is 0 Å². The van der Waals surface area contributed by atoms with E-state index in [0.29, 0.717) is 6.04 Å². The van der Waals surface area contributed by atoms with E-state index < -0.39 is 0 Å². The van der Waals surface area contributed by atoms with Crippen LogP contribution in [-0.4, -0.2) is 43.8 Å². The third kappa shape index (κ3) is 3.82. The third-order valence-corrected chi connectivity index (χ3v) is 5.21. The van der Waals surface area contributed by atoms with Gasteiger partial charge in [-0.05, 0) is 49.6 Å². The van der Waals surface area contributed by atoms with Crippen molar-refractivity contribution in [3.8, 4) is 0 Å². The van der Waals surface area contributed by atoms with Crippen molar-refractivity contribution in [2.45, 2.75) is 32.4 Å². The van der Waals surface area contributed by atoms with Gasteiger partial charge in [0.05, 0.1) is 0 Å². The first kappa shape index (κ1) is 16.5. The molecule has 3 heterocycles. The molecule has 1 saturated heterocycles. The maximum atomic E-state index is 4.59. The summed E-state index contributed by atoms with van der Waals surface area (Å²) < 4.78 is 2.91. The second-order valence-corrected chi connectivity index (χ2v) is 7.47. The summed E-state index contributed by atoms with van der Waals surface area (Å²) in [6, 6.07) is 13.0. The topological polar surface area (TPSA) is 58.4 Å². The number of aryl methyl sites for hydroxylation is 1. The fourth-order valence-electron chi connectivity index (χ4n) is 3.27. The quantitative estimate of drug-likeness (QED) is 0.727. The fraction of sp³-hybridized carbons (Fsp3) is 0.389. The molecule has 3 aromatic rings. The number of benzene rings is 1. The van der Waals surface area contributed by atoms with Gasteiger partial charge in [0, 0.05) is 30.1 Å². The maximum absolute atomic E-state index is 4.59. The fourth-order valence-corrected chi connectivity index (χ4v) is 3.53. The molecule has 1 fully saturated rings. The van der Waals surface area contributed by atoms with E-state index in [1.807, 2.05) is 19.1 Å². The Morgan fingerprint density at radius 3 is 2.60 bits per heavy atom. The normalized spacial score (nSPS) is 16.4. The highest BCUT2D eigenvalue weighted by atomic mass is 79.9. The van der Waals surface area contributed by atoms with Crippen molar-refractivity contribution in [1.29, 1.82) is 0 Å². The molecule has 7 heteroatoms. The van der Waals surface area contributed by atoms with E-state index in [9.17, 15) is 0 Å². The molecule has 0 radical (unpaired) electrons. The zero-order valence-electron chi connectivity index (χ0n) is 14.2. The first-order valence-corrected chi connectivity index (χ1v) is 9.39. The maximum Gasteiger partial charge on any atom is 0.178 e. The number of piperidine rings is 1. The van der Waals surface area contributed by atoms with Crippen LogP contribution in [0, 0.1) is 6.92 Å². The van der Waals surface area contributed by atoms with Crippen LogP contribution in [0.1, 0.15) is 24.2 Å². The lowest BCUT2D eigenvalue weighted by Crippen LogP contribution is -2.38. The van der Waals surface area contributed by atoms with E-state index in [1.165, 1.54) is 5.56 Å². The predicted octanol–water partition coefficient (Wildman–Crippen LogP) is 3.27. The molecular weight excluding hydrogens is 380 g/mol. The van der Waals surface area contributed by atoms with E-state index in [4.69, 9.17) is 0 Å². The van der Waals surface area contributed by atoms with Crippen molar-refractivity contribution in [2.24, 2.45) is 0 Å². The number of nitrogens with zero attached hydrogens (tertiary/aromatic N) is 5. The van der Waals surface area contributed by atoms with E-state index in [0.717, 1.165) is 54.2 Å². The number of halogens is 1. The Balaban J connectivity index is 1.33. The van der Waals surface area contributed by atoms with Crippen LogP contribution in [0.15, 0.2) is 40.9 Å². The van der Waals surface area contributed by atoms with Crippen LogP contribution in [0.4, 0.5) is 5.82 Å². The molecule has 0 spiro atoms. The largest absolute Gasteiger partial charge is 0.366 e. The molecule has 0 unspecified atom stereocenters. The summed E-state index contributed by atoms with van der Waals surface area (Å²) in [5, 5.41) is 16.3. The average molecular weight is 401 g/mol. The number of anilines is 1. The SMILES string of the molecule is Cc1nnc2ccc(NC3CCN(Cc4ccc(Br)cc4)CC3)nn12. The molecule has 0 amide bonds. The Labute approximate surface area is 155 Å². The number of fused-ring (bicyclic) bond motifs is 1. The molecule has 6 nitrogen and oxygen atoms in total. The van der Waals surface area contributed by atoms with Gasteiger partial charge < -0.3 is 5.32 Å². The summed E-state index contributed by atoms with van der Waals surface area (Å²) in [5.41, 5.74) is 2.15. The van der Waals surface area contributed by atoms with Crippen LogP contribution in [-0.2, 0) is 6.54 Å². The van der Waals surface area contributed by atoms with Gasteiger partial charge >= 0.3 is 0 Å². The van der Waals surface area contributed by atoms with E-state index in [2.05, 4.69) is 65.7 Å². The minimum atomic E-state index is 0.461. The number of likely N-dealkylation sites (tertiary alicyclic amines) is 1. The molecule has 1 aromatic carbocycles. The van der Waals surface area contributed by atoms with Crippen LogP contribution in [0.5, 0.6) is 0 Å². The van der Waals surface area contributed by atoms with Crippen LogP contribution in [0.3, 0.4) is 0 Å². The van der Waals surface area contributed by atoms with E-state index in [-0.39, 0.29) is 0 Å². The number of hydrogen-bond acceptors (Lipinski definition) is 5. The molecule has 0 saturated carbocycles. The third-order valence-electron chi connectivity index (χ3n) is 4.68. The highest BCUT2D eigenvalue weighted by Crippen LogP contribution is 2.18. The molecule has 0 aliphatic carbocycles. The van der Waals surface area contributed by atoms with Crippen LogP contribution in [0.25, 0.3) is 5.65 Å². The Morgan fingerprint density at radius 1 is 1.08 bits per heavy atom. The summed E-state index contributed by atoms with van der Waals surface area (Å²) in [4.78, 5) is 2.52. The van der Waals surface area contributed by atoms with Gasteiger partial charge in [-0.1, -0.05) is 28.1 Å². The smallest absolute Gasteiger partial charge is 0.178 e.